The molecule has 0 aliphatic carbocycles. The molecular formula is C20H29BN2O5. The van der Waals surface area contributed by atoms with Crippen molar-refractivity contribution in [3.8, 4) is 0 Å². The molecule has 7 nitrogen and oxygen atoms in total. The molecule has 1 aromatic carbocycles. The molecule has 2 aliphatic rings. The molecule has 28 heavy (non-hydrogen) atoms. The molecule has 0 spiro atoms. The summed E-state index contributed by atoms with van der Waals surface area (Å²) in [5.74, 6) is -0.431. The number of carbonyl (C=O) groups excluding carboxylic acids is 2. The molecule has 3 rings (SSSR count). The van der Waals surface area contributed by atoms with Gasteiger partial charge in [-0.3, -0.25) is 4.79 Å². The van der Waals surface area contributed by atoms with Crippen LogP contribution in [0, 0.1) is 0 Å². The summed E-state index contributed by atoms with van der Waals surface area (Å²) in [5, 5.41) is 2.85. The van der Waals surface area contributed by atoms with Gasteiger partial charge in [0, 0.05) is 5.69 Å². The fourth-order valence-corrected chi connectivity index (χ4v) is 3.10. The normalized spacial score (nSPS) is 20.6. The molecule has 2 amide bonds. The number of nitrogens with zero attached hydrogens (tertiary/aromatic N) is 1. The number of amides is 2. The van der Waals surface area contributed by atoms with Gasteiger partial charge >= 0.3 is 19.1 Å². The molecular weight excluding hydrogens is 359 g/mol. The molecule has 0 atom stereocenters. The lowest BCUT2D eigenvalue weighted by molar-refractivity contribution is -0.155. The molecule has 0 bridgehead atoms. The van der Waals surface area contributed by atoms with Crippen LogP contribution in [0.25, 0.3) is 0 Å². The van der Waals surface area contributed by atoms with Crippen LogP contribution >= 0.6 is 0 Å². The summed E-state index contributed by atoms with van der Waals surface area (Å²) in [7, 11) is -0.494. The van der Waals surface area contributed by atoms with E-state index in [-0.39, 0.29) is 12.6 Å². The van der Waals surface area contributed by atoms with Gasteiger partial charge in [0.2, 0.25) is 0 Å². The number of anilines is 1. The van der Waals surface area contributed by atoms with Crippen LogP contribution in [-0.2, 0) is 25.4 Å². The summed E-state index contributed by atoms with van der Waals surface area (Å²) in [6.45, 7) is 13.6. The van der Waals surface area contributed by atoms with Crippen LogP contribution in [0.5, 0.6) is 0 Å². The maximum Gasteiger partial charge on any atom is 0.494 e. The number of hydrogen-bond donors (Lipinski definition) is 1. The van der Waals surface area contributed by atoms with Crippen LogP contribution in [0.4, 0.5) is 10.5 Å². The number of ether oxygens (including phenoxy) is 1. The summed E-state index contributed by atoms with van der Waals surface area (Å²) in [6.07, 6.45) is 0. The van der Waals surface area contributed by atoms with Crippen LogP contribution in [0.2, 0.25) is 0 Å². The van der Waals surface area contributed by atoms with Crippen LogP contribution in [0.3, 0.4) is 0 Å². The number of esters is 1. The van der Waals surface area contributed by atoms with E-state index < -0.39 is 29.9 Å². The summed E-state index contributed by atoms with van der Waals surface area (Å²) in [5.41, 5.74) is 1.03. The largest absolute Gasteiger partial charge is 0.494 e. The van der Waals surface area contributed by atoms with Gasteiger partial charge in [-0.05, 0) is 65.6 Å². The van der Waals surface area contributed by atoms with Crippen LogP contribution in [0.15, 0.2) is 18.2 Å². The van der Waals surface area contributed by atoms with Gasteiger partial charge in [0.1, 0.15) is 12.1 Å². The third kappa shape index (κ3) is 4.18. The highest BCUT2D eigenvalue weighted by atomic mass is 16.7. The summed E-state index contributed by atoms with van der Waals surface area (Å²) in [6, 6.07) is 5.41. The van der Waals surface area contributed by atoms with E-state index in [4.69, 9.17) is 14.0 Å². The number of urea groups is 1. The Bertz CT molecular complexity index is 784. The minimum atomic E-state index is -0.584. The molecule has 2 heterocycles. The molecule has 0 radical (unpaired) electrons. The number of benzene rings is 1. The fraction of sp³-hybridized carbons (Fsp3) is 0.600. The van der Waals surface area contributed by atoms with Crippen molar-refractivity contribution in [2.75, 3.05) is 11.9 Å². The van der Waals surface area contributed by atoms with Gasteiger partial charge < -0.3 is 24.3 Å². The molecule has 1 N–H and O–H groups in total. The lowest BCUT2D eigenvalue weighted by Gasteiger charge is -2.32. The molecule has 1 saturated heterocycles. The molecule has 152 valence electrons. The Morgan fingerprint density at radius 1 is 1.21 bits per heavy atom. The number of carbonyl (C=O) groups is 2. The van der Waals surface area contributed by atoms with Gasteiger partial charge in [0.25, 0.3) is 0 Å². The molecule has 0 unspecified atom stereocenters. The molecule has 1 fully saturated rings. The first-order chi connectivity index (χ1) is 12.8. The summed E-state index contributed by atoms with van der Waals surface area (Å²) in [4.78, 5) is 25.9. The molecule has 1 aromatic rings. The maximum absolute atomic E-state index is 12.4. The van der Waals surface area contributed by atoms with E-state index in [1.807, 2.05) is 45.9 Å². The predicted molar refractivity (Wildman–Crippen MR) is 107 cm³/mol. The van der Waals surface area contributed by atoms with Gasteiger partial charge in [-0.2, -0.15) is 0 Å². The van der Waals surface area contributed by atoms with Crippen LogP contribution in [-0.4, -0.2) is 47.4 Å². The Kier molecular flexibility index (Phi) is 5.00. The monoisotopic (exact) mass is 388 g/mol. The Hall–Kier alpha value is -2.06. The standard InChI is InChI=1S/C20H29BN2O5/c1-18(2,3)26-16(24)12-23-11-13-8-9-14(10-15(13)22-17(23)25)21-27-19(4,5)20(6,7)28-21/h8-10H,11-12H2,1-7H3,(H,22,25). The van der Waals surface area contributed by atoms with E-state index in [2.05, 4.69) is 5.32 Å². The van der Waals surface area contributed by atoms with Crippen LogP contribution in [0.1, 0.15) is 54.0 Å². The van der Waals surface area contributed by atoms with Crippen molar-refractivity contribution < 1.29 is 23.6 Å². The van der Waals surface area contributed by atoms with Crippen LogP contribution < -0.4 is 10.8 Å². The average Bonchev–Trinajstić information content (AvgIpc) is 2.74. The number of fused-ring (bicyclic) bond motifs is 1. The number of hydrogen-bond acceptors (Lipinski definition) is 5. The zero-order valence-corrected chi connectivity index (χ0v) is 17.7. The van der Waals surface area contributed by atoms with Crippen molar-refractivity contribution in [1.29, 1.82) is 0 Å². The van der Waals surface area contributed by atoms with E-state index >= 15 is 0 Å². The minimum Gasteiger partial charge on any atom is -0.459 e. The van der Waals surface area contributed by atoms with Crippen molar-refractivity contribution >= 4 is 30.3 Å². The highest BCUT2D eigenvalue weighted by Crippen LogP contribution is 2.36. The third-order valence-electron chi connectivity index (χ3n) is 5.29. The van der Waals surface area contributed by atoms with Gasteiger partial charge in [-0.1, -0.05) is 12.1 Å². The second-order valence-corrected chi connectivity index (χ2v) is 9.38. The molecule has 2 aliphatic heterocycles. The first-order valence-corrected chi connectivity index (χ1v) is 9.54. The van der Waals surface area contributed by atoms with E-state index in [1.165, 1.54) is 4.90 Å². The highest BCUT2D eigenvalue weighted by Gasteiger charge is 2.51. The van der Waals surface area contributed by atoms with Crippen molar-refractivity contribution in [2.24, 2.45) is 0 Å². The second kappa shape index (κ2) is 6.78. The van der Waals surface area contributed by atoms with Crippen molar-refractivity contribution in [2.45, 2.75) is 71.8 Å². The SMILES string of the molecule is CC(C)(C)OC(=O)CN1Cc2ccc(B3OC(C)(C)C(C)(C)O3)cc2NC1=O. The zero-order valence-electron chi connectivity index (χ0n) is 17.7. The summed E-state index contributed by atoms with van der Waals surface area (Å²) >= 11 is 0. The van der Waals surface area contributed by atoms with E-state index in [0.717, 1.165) is 11.0 Å². The van der Waals surface area contributed by atoms with Gasteiger partial charge in [-0.15, -0.1) is 0 Å². The first-order valence-electron chi connectivity index (χ1n) is 9.54. The smallest absolute Gasteiger partial charge is 0.459 e. The Morgan fingerprint density at radius 2 is 1.82 bits per heavy atom. The van der Waals surface area contributed by atoms with E-state index in [0.29, 0.717) is 12.2 Å². The molecule has 8 heteroatoms. The molecule has 0 saturated carbocycles. The minimum absolute atomic E-state index is 0.0957. The predicted octanol–water partition coefficient (Wildman–Crippen LogP) is 2.68. The number of rotatable bonds is 3. The Labute approximate surface area is 166 Å². The van der Waals surface area contributed by atoms with Crippen molar-refractivity contribution in [3.05, 3.63) is 23.8 Å². The maximum atomic E-state index is 12.4. The van der Waals surface area contributed by atoms with Crippen molar-refractivity contribution in [1.82, 2.24) is 4.90 Å². The van der Waals surface area contributed by atoms with Crippen molar-refractivity contribution in [3.63, 3.8) is 0 Å². The average molecular weight is 388 g/mol. The molecule has 0 aromatic heterocycles. The van der Waals surface area contributed by atoms with Gasteiger partial charge in [-0.25, -0.2) is 4.79 Å². The fourth-order valence-electron chi connectivity index (χ4n) is 3.10. The highest BCUT2D eigenvalue weighted by molar-refractivity contribution is 6.62. The van der Waals surface area contributed by atoms with Gasteiger partial charge in [0.05, 0.1) is 17.7 Å². The lowest BCUT2D eigenvalue weighted by Crippen LogP contribution is -2.44. The van der Waals surface area contributed by atoms with Gasteiger partial charge in [0.15, 0.2) is 0 Å². The topological polar surface area (TPSA) is 77.1 Å². The van der Waals surface area contributed by atoms with E-state index in [9.17, 15) is 9.59 Å². The third-order valence-corrected chi connectivity index (χ3v) is 5.29. The summed E-state index contributed by atoms with van der Waals surface area (Å²) < 4.78 is 17.5. The second-order valence-electron chi connectivity index (χ2n) is 9.38. The Balaban J connectivity index is 1.73. The quantitative estimate of drug-likeness (QED) is 0.637. The zero-order chi connectivity index (χ0) is 20.9. The number of nitrogens with one attached hydrogen (secondary N) is 1. The Morgan fingerprint density at radius 3 is 2.39 bits per heavy atom. The van der Waals surface area contributed by atoms with E-state index in [1.54, 1.807) is 20.8 Å². The lowest BCUT2D eigenvalue weighted by atomic mass is 9.78. The first kappa shape index (κ1) is 20.7.